The van der Waals surface area contributed by atoms with Gasteiger partial charge in [-0.3, -0.25) is 0 Å². The van der Waals surface area contributed by atoms with E-state index in [1.807, 2.05) is 12.1 Å². The monoisotopic (exact) mass is 178 g/mol. The molecule has 0 fully saturated rings. The van der Waals surface area contributed by atoms with Crippen molar-refractivity contribution < 1.29 is 4.74 Å². The van der Waals surface area contributed by atoms with Crippen molar-refractivity contribution >= 4 is 5.82 Å². The average molecular weight is 178 g/mol. The van der Waals surface area contributed by atoms with Gasteiger partial charge < -0.3 is 10.1 Å². The van der Waals surface area contributed by atoms with Crippen LogP contribution in [0.5, 0.6) is 5.75 Å². The van der Waals surface area contributed by atoms with Crippen molar-refractivity contribution in [3.8, 4) is 5.75 Å². The molecule has 1 aliphatic heterocycles. The van der Waals surface area contributed by atoms with Crippen LogP contribution in [0.2, 0.25) is 0 Å². The fourth-order valence-corrected chi connectivity index (χ4v) is 1.43. The van der Waals surface area contributed by atoms with Crippen LogP contribution in [0.1, 0.15) is 19.5 Å². The zero-order valence-corrected chi connectivity index (χ0v) is 8.00. The van der Waals surface area contributed by atoms with Crippen molar-refractivity contribution in [1.29, 1.82) is 0 Å². The highest BCUT2D eigenvalue weighted by atomic mass is 16.5. The number of ether oxygens (including phenoxy) is 1. The summed E-state index contributed by atoms with van der Waals surface area (Å²) in [6.45, 7) is 4.98. The minimum absolute atomic E-state index is 0.424. The predicted octanol–water partition coefficient (Wildman–Crippen LogP) is 1.84. The number of rotatable bonds is 2. The minimum Gasteiger partial charge on any atom is -0.491 e. The molecule has 3 nitrogen and oxygen atoms in total. The summed E-state index contributed by atoms with van der Waals surface area (Å²) in [6.07, 6.45) is 0.933. The van der Waals surface area contributed by atoms with E-state index in [0.717, 1.165) is 30.3 Å². The molecular formula is C10H14N2O. The van der Waals surface area contributed by atoms with Crippen LogP contribution < -0.4 is 10.1 Å². The summed E-state index contributed by atoms with van der Waals surface area (Å²) in [7, 11) is 0. The molecule has 1 aromatic heterocycles. The van der Waals surface area contributed by atoms with Gasteiger partial charge in [0, 0.05) is 12.5 Å². The second kappa shape index (κ2) is 3.24. The lowest BCUT2D eigenvalue weighted by Crippen LogP contribution is -2.11. The third-order valence-corrected chi connectivity index (χ3v) is 1.97. The van der Waals surface area contributed by atoms with E-state index in [9.17, 15) is 0 Å². The van der Waals surface area contributed by atoms with E-state index in [2.05, 4.69) is 24.1 Å². The van der Waals surface area contributed by atoms with Crippen LogP contribution >= 0.6 is 0 Å². The third-order valence-electron chi connectivity index (χ3n) is 1.97. The molecule has 0 aliphatic carbocycles. The normalized spacial score (nSPS) is 14.1. The molecule has 0 bridgehead atoms. The molecule has 0 spiro atoms. The summed E-state index contributed by atoms with van der Waals surface area (Å²) in [5.74, 6) is 1.88. The quantitative estimate of drug-likeness (QED) is 0.750. The van der Waals surface area contributed by atoms with Crippen molar-refractivity contribution in [2.24, 2.45) is 0 Å². The molecule has 0 amide bonds. The van der Waals surface area contributed by atoms with Crippen LogP contribution in [0, 0.1) is 0 Å². The Hall–Kier alpha value is -1.25. The van der Waals surface area contributed by atoms with Crippen molar-refractivity contribution in [2.75, 3.05) is 11.9 Å². The number of hydrogen-bond acceptors (Lipinski definition) is 3. The first-order valence-corrected chi connectivity index (χ1v) is 4.65. The Balaban J connectivity index is 2.21. The summed E-state index contributed by atoms with van der Waals surface area (Å²) >= 11 is 0. The first-order chi connectivity index (χ1) is 6.25. The van der Waals surface area contributed by atoms with E-state index in [-0.39, 0.29) is 0 Å². The van der Waals surface area contributed by atoms with Gasteiger partial charge in [0.15, 0.2) is 0 Å². The molecule has 0 atom stereocenters. The maximum absolute atomic E-state index is 5.37. The van der Waals surface area contributed by atoms with Crippen LogP contribution in [-0.2, 0) is 6.42 Å². The van der Waals surface area contributed by atoms with E-state index in [4.69, 9.17) is 4.74 Å². The fourth-order valence-electron chi connectivity index (χ4n) is 1.43. The van der Waals surface area contributed by atoms with Crippen LogP contribution in [-0.4, -0.2) is 17.6 Å². The number of aromatic nitrogens is 1. The third kappa shape index (κ3) is 1.74. The molecule has 3 heteroatoms. The first kappa shape index (κ1) is 8.35. The zero-order chi connectivity index (χ0) is 9.26. The molecule has 13 heavy (non-hydrogen) atoms. The SMILES string of the molecule is CC(C)Nc1ccc2c(n1)CCO2. The number of nitrogens with zero attached hydrogens (tertiary/aromatic N) is 1. The average Bonchev–Trinajstić information content (AvgIpc) is 2.49. The molecule has 0 unspecified atom stereocenters. The Morgan fingerprint density at radius 1 is 1.46 bits per heavy atom. The van der Waals surface area contributed by atoms with Gasteiger partial charge in [0.25, 0.3) is 0 Å². The van der Waals surface area contributed by atoms with Gasteiger partial charge in [-0.25, -0.2) is 4.98 Å². The first-order valence-electron chi connectivity index (χ1n) is 4.65. The summed E-state index contributed by atoms with van der Waals surface area (Å²) in [5, 5.41) is 3.27. The molecule has 70 valence electrons. The van der Waals surface area contributed by atoms with Gasteiger partial charge >= 0.3 is 0 Å². The van der Waals surface area contributed by atoms with Crippen molar-refractivity contribution in [3.05, 3.63) is 17.8 Å². The highest BCUT2D eigenvalue weighted by Gasteiger charge is 2.13. The standard InChI is InChI=1S/C10H14N2O/c1-7(2)11-10-4-3-9-8(12-10)5-6-13-9/h3-4,7H,5-6H2,1-2H3,(H,11,12). The lowest BCUT2D eigenvalue weighted by atomic mass is 10.3. The maximum atomic E-state index is 5.37. The van der Waals surface area contributed by atoms with E-state index in [1.165, 1.54) is 0 Å². The number of fused-ring (bicyclic) bond motifs is 1. The lowest BCUT2D eigenvalue weighted by Gasteiger charge is -2.09. The number of anilines is 1. The van der Waals surface area contributed by atoms with Gasteiger partial charge in [-0.05, 0) is 26.0 Å². The van der Waals surface area contributed by atoms with Gasteiger partial charge in [-0.1, -0.05) is 0 Å². The second-order valence-corrected chi connectivity index (χ2v) is 3.54. The number of pyridine rings is 1. The van der Waals surface area contributed by atoms with Crippen molar-refractivity contribution in [2.45, 2.75) is 26.3 Å². The van der Waals surface area contributed by atoms with Gasteiger partial charge in [-0.2, -0.15) is 0 Å². The predicted molar refractivity (Wildman–Crippen MR) is 52.2 cm³/mol. The Bertz CT molecular complexity index is 310. The van der Waals surface area contributed by atoms with Crippen LogP contribution in [0.3, 0.4) is 0 Å². The lowest BCUT2D eigenvalue weighted by molar-refractivity contribution is 0.357. The second-order valence-electron chi connectivity index (χ2n) is 3.54. The summed E-state index contributed by atoms with van der Waals surface area (Å²) in [5.41, 5.74) is 1.07. The Kier molecular flexibility index (Phi) is 2.08. The van der Waals surface area contributed by atoms with Crippen LogP contribution in [0.4, 0.5) is 5.82 Å². The van der Waals surface area contributed by atoms with Crippen LogP contribution in [0.15, 0.2) is 12.1 Å². The highest BCUT2D eigenvalue weighted by molar-refractivity contribution is 5.43. The van der Waals surface area contributed by atoms with E-state index >= 15 is 0 Å². The molecule has 0 saturated heterocycles. The maximum Gasteiger partial charge on any atom is 0.141 e. The van der Waals surface area contributed by atoms with Crippen LogP contribution in [0.25, 0.3) is 0 Å². The number of nitrogens with one attached hydrogen (secondary N) is 1. The van der Waals surface area contributed by atoms with E-state index < -0.39 is 0 Å². The van der Waals surface area contributed by atoms with E-state index in [1.54, 1.807) is 0 Å². The van der Waals surface area contributed by atoms with Gasteiger partial charge in [-0.15, -0.1) is 0 Å². The summed E-state index contributed by atoms with van der Waals surface area (Å²) in [6, 6.07) is 4.37. The highest BCUT2D eigenvalue weighted by Crippen LogP contribution is 2.24. The Morgan fingerprint density at radius 2 is 2.31 bits per heavy atom. The minimum atomic E-state index is 0.424. The Labute approximate surface area is 78.1 Å². The largest absolute Gasteiger partial charge is 0.491 e. The smallest absolute Gasteiger partial charge is 0.141 e. The molecule has 1 aliphatic rings. The molecule has 0 aromatic carbocycles. The van der Waals surface area contributed by atoms with Crippen molar-refractivity contribution in [3.63, 3.8) is 0 Å². The van der Waals surface area contributed by atoms with Gasteiger partial charge in [0.1, 0.15) is 11.6 Å². The summed E-state index contributed by atoms with van der Waals surface area (Å²) < 4.78 is 5.37. The fraction of sp³-hybridized carbons (Fsp3) is 0.500. The molecule has 0 radical (unpaired) electrons. The van der Waals surface area contributed by atoms with Gasteiger partial charge in [0.05, 0.1) is 12.3 Å². The topological polar surface area (TPSA) is 34.2 Å². The molecule has 1 aromatic rings. The van der Waals surface area contributed by atoms with E-state index in [0.29, 0.717) is 6.04 Å². The molecular weight excluding hydrogens is 164 g/mol. The molecule has 1 N–H and O–H groups in total. The molecule has 2 rings (SSSR count). The Morgan fingerprint density at radius 3 is 3.08 bits per heavy atom. The number of hydrogen-bond donors (Lipinski definition) is 1. The van der Waals surface area contributed by atoms with Gasteiger partial charge in [0.2, 0.25) is 0 Å². The zero-order valence-electron chi connectivity index (χ0n) is 8.00. The molecule has 0 saturated carbocycles. The summed E-state index contributed by atoms with van der Waals surface area (Å²) in [4.78, 5) is 4.46. The molecule has 2 heterocycles. The van der Waals surface area contributed by atoms with Crippen molar-refractivity contribution in [1.82, 2.24) is 4.98 Å².